The van der Waals surface area contributed by atoms with Crippen molar-refractivity contribution in [3.8, 4) is 0 Å². The van der Waals surface area contributed by atoms with E-state index in [4.69, 9.17) is 9.47 Å². The molecule has 4 nitrogen and oxygen atoms in total. The number of hydrogen-bond donors (Lipinski definition) is 0. The Morgan fingerprint density at radius 3 is 2.32 bits per heavy atom. The van der Waals surface area contributed by atoms with Crippen LogP contribution in [0.1, 0.15) is 29.8 Å². The number of rotatable bonds is 7. The van der Waals surface area contributed by atoms with E-state index in [2.05, 4.69) is 17.0 Å². The number of ether oxygens (including phenoxy) is 2. The van der Waals surface area contributed by atoms with Crippen LogP contribution in [0.4, 0.5) is 0 Å². The number of Topliss-reactive ketones (excluding diaryl/α,β-unsaturated/α-hetero) is 1. The molecule has 132 valence electrons. The maximum Gasteiger partial charge on any atom is 0.176 e. The maximum atomic E-state index is 12.6. The van der Waals surface area contributed by atoms with Crippen LogP contribution >= 0.6 is 0 Å². The van der Waals surface area contributed by atoms with Crippen LogP contribution in [0.15, 0.2) is 60.7 Å². The Bertz CT molecular complexity index is 685. The van der Waals surface area contributed by atoms with E-state index in [1.165, 1.54) is 5.56 Å². The first-order chi connectivity index (χ1) is 12.0. The molecule has 0 saturated carbocycles. The summed E-state index contributed by atoms with van der Waals surface area (Å²) in [6.45, 7) is 6.13. The summed E-state index contributed by atoms with van der Waals surface area (Å²) in [7, 11) is 0. The highest BCUT2D eigenvalue weighted by atomic mass is 16.7. The second-order valence-electron chi connectivity index (χ2n) is 6.90. The summed E-state index contributed by atoms with van der Waals surface area (Å²) in [5, 5.41) is 0. The SMILES string of the molecule is CC1(C)OCC(CN(CC(=O)c2ccccc2)Cc2ccccc2)O1. The molecule has 0 aliphatic carbocycles. The van der Waals surface area contributed by atoms with E-state index >= 15 is 0 Å². The molecule has 2 aromatic rings. The fourth-order valence-electron chi connectivity index (χ4n) is 3.09. The summed E-state index contributed by atoms with van der Waals surface area (Å²) in [5.74, 6) is -0.429. The van der Waals surface area contributed by atoms with Crippen molar-refractivity contribution in [3.63, 3.8) is 0 Å². The molecule has 1 saturated heterocycles. The van der Waals surface area contributed by atoms with E-state index < -0.39 is 5.79 Å². The summed E-state index contributed by atoms with van der Waals surface area (Å²) in [6, 6.07) is 19.6. The number of nitrogens with zero attached hydrogens (tertiary/aromatic N) is 1. The fraction of sp³-hybridized carbons (Fsp3) is 0.381. The van der Waals surface area contributed by atoms with Crippen molar-refractivity contribution in [1.29, 1.82) is 0 Å². The largest absolute Gasteiger partial charge is 0.348 e. The third-order valence-corrected chi connectivity index (χ3v) is 4.24. The predicted octanol–water partition coefficient (Wildman–Crippen LogP) is 3.52. The molecule has 1 unspecified atom stereocenters. The van der Waals surface area contributed by atoms with E-state index in [1.54, 1.807) is 0 Å². The van der Waals surface area contributed by atoms with Gasteiger partial charge in [0.1, 0.15) is 0 Å². The molecule has 2 aromatic carbocycles. The molecular weight excluding hydrogens is 314 g/mol. The minimum atomic E-state index is -0.549. The molecule has 0 radical (unpaired) electrons. The lowest BCUT2D eigenvalue weighted by Crippen LogP contribution is -2.37. The molecule has 3 rings (SSSR count). The number of carbonyl (C=O) groups excluding carboxylic acids is 1. The summed E-state index contributed by atoms with van der Waals surface area (Å²) in [4.78, 5) is 14.8. The van der Waals surface area contributed by atoms with Gasteiger partial charge in [0.05, 0.1) is 19.3 Å². The van der Waals surface area contributed by atoms with Crippen molar-refractivity contribution in [3.05, 3.63) is 71.8 Å². The van der Waals surface area contributed by atoms with Crippen molar-refractivity contribution in [2.75, 3.05) is 19.7 Å². The summed E-state index contributed by atoms with van der Waals surface area (Å²) >= 11 is 0. The quantitative estimate of drug-likeness (QED) is 0.724. The molecule has 1 heterocycles. The molecule has 0 spiro atoms. The van der Waals surface area contributed by atoms with E-state index in [-0.39, 0.29) is 11.9 Å². The lowest BCUT2D eigenvalue weighted by Gasteiger charge is -2.25. The van der Waals surface area contributed by atoms with Gasteiger partial charge in [-0.15, -0.1) is 0 Å². The van der Waals surface area contributed by atoms with Crippen LogP contribution in [-0.2, 0) is 16.0 Å². The van der Waals surface area contributed by atoms with Gasteiger partial charge in [-0.05, 0) is 19.4 Å². The molecule has 1 fully saturated rings. The maximum absolute atomic E-state index is 12.6. The van der Waals surface area contributed by atoms with Gasteiger partial charge in [0.2, 0.25) is 0 Å². The van der Waals surface area contributed by atoms with E-state index in [9.17, 15) is 4.79 Å². The van der Waals surface area contributed by atoms with Crippen molar-refractivity contribution in [1.82, 2.24) is 4.90 Å². The zero-order chi connectivity index (χ0) is 17.7. The Kier molecular flexibility index (Phi) is 5.63. The highest BCUT2D eigenvalue weighted by Gasteiger charge is 2.33. The van der Waals surface area contributed by atoms with Gasteiger partial charge in [-0.25, -0.2) is 0 Å². The van der Waals surface area contributed by atoms with Crippen molar-refractivity contribution >= 4 is 5.78 Å². The predicted molar refractivity (Wildman–Crippen MR) is 97.4 cm³/mol. The third kappa shape index (κ3) is 5.23. The topological polar surface area (TPSA) is 38.8 Å². The zero-order valence-electron chi connectivity index (χ0n) is 14.9. The van der Waals surface area contributed by atoms with E-state index in [1.807, 2.05) is 62.4 Å². The molecule has 0 N–H and O–H groups in total. The average Bonchev–Trinajstić information content (AvgIpc) is 2.95. The standard InChI is InChI=1S/C21H25NO3/c1-21(2)24-16-19(25-21)14-22(13-17-9-5-3-6-10-17)15-20(23)18-11-7-4-8-12-18/h3-12,19H,13-16H2,1-2H3. The molecule has 1 aliphatic rings. The van der Waals surface area contributed by atoms with E-state index in [0.717, 1.165) is 5.56 Å². The summed E-state index contributed by atoms with van der Waals surface area (Å²) in [6.07, 6.45) is -0.0257. The fourth-order valence-corrected chi connectivity index (χ4v) is 3.09. The number of ketones is 1. The second-order valence-corrected chi connectivity index (χ2v) is 6.90. The third-order valence-electron chi connectivity index (χ3n) is 4.24. The summed E-state index contributed by atoms with van der Waals surface area (Å²) < 4.78 is 11.6. The van der Waals surface area contributed by atoms with Crippen molar-refractivity contribution in [2.45, 2.75) is 32.3 Å². The second kappa shape index (κ2) is 7.91. The molecule has 4 heteroatoms. The van der Waals surface area contributed by atoms with Gasteiger partial charge in [-0.3, -0.25) is 9.69 Å². The Labute approximate surface area is 149 Å². The zero-order valence-corrected chi connectivity index (χ0v) is 14.9. The Balaban J connectivity index is 1.69. The Morgan fingerprint density at radius 1 is 1.08 bits per heavy atom. The molecule has 0 aromatic heterocycles. The first kappa shape index (κ1) is 17.8. The molecule has 0 amide bonds. The van der Waals surface area contributed by atoms with Crippen LogP contribution in [0.3, 0.4) is 0 Å². The first-order valence-electron chi connectivity index (χ1n) is 8.68. The molecule has 0 bridgehead atoms. The minimum absolute atomic E-state index is 0.0257. The molecule has 1 atom stereocenters. The van der Waals surface area contributed by atoms with Gasteiger partial charge in [-0.2, -0.15) is 0 Å². The Morgan fingerprint density at radius 2 is 1.72 bits per heavy atom. The number of carbonyl (C=O) groups is 1. The molecule has 1 aliphatic heterocycles. The van der Waals surface area contributed by atoms with Gasteiger partial charge >= 0.3 is 0 Å². The van der Waals surface area contributed by atoms with Crippen molar-refractivity contribution in [2.24, 2.45) is 0 Å². The average molecular weight is 339 g/mol. The van der Waals surface area contributed by atoms with Gasteiger partial charge in [0, 0.05) is 18.7 Å². The lowest BCUT2D eigenvalue weighted by atomic mass is 10.1. The molecule has 25 heavy (non-hydrogen) atoms. The highest BCUT2D eigenvalue weighted by Crippen LogP contribution is 2.23. The van der Waals surface area contributed by atoms with E-state index in [0.29, 0.717) is 26.2 Å². The Hall–Kier alpha value is -2.01. The number of hydrogen-bond acceptors (Lipinski definition) is 4. The van der Waals surface area contributed by atoms with Crippen LogP contribution in [-0.4, -0.2) is 42.3 Å². The van der Waals surface area contributed by atoms with Crippen molar-refractivity contribution < 1.29 is 14.3 Å². The van der Waals surface area contributed by atoms with Gasteiger partial charge in [0.25, 0.3) is 0 Å². The van der Waals surface area contributed by atoms with Crippen LogP contribution in [0.5, 0.6) is 0 Å². The van der Waals surface area contributed by atoms with Gasteiger partial charge in [-0.1, -0.05) is 60.7 Å². The minimum Gasteiger partial charge on any atom is -0.348 e. The lowest BCUT2D eigenvalue weighted by molar-refractivity contribution is -0.140. The van der Waals surface area contributed by atoms with Gasteiger partial charge in [0.15, 0.2) is 11.6 Å². The number of benzene rings is 2. The van der Waals surface area contributed by atoms with Crippen LogP contribution < -0.4 is 0 Å². The first-order valence-corrected chi connectivity index (χ1v) is 8.68. The monoisotopic (exact) mass is 339 g/mol. The summed E-state index contributed by atoms with van der Waals surface area (Å²) in [5.41, 5.74) is 1.92. The normalized spacial score (nSPS) is 19.2. The smallest absolute Gasteiger partial charge is 0.176 e. The van der Waals surface area contributed by atoms with Crippen LogP contribution in [0.25, 0.3) is 0 Å². The van der Waals surface area contributed by atoms with Crippen LogP contribution in [0.2, 0.25) is 0 Å². The highest BCUT2D eigenvalue weighted by molar-refractivity contribution is 5.97. The van der Waals surface area contributed by atoms with Gasteiger partial charge < -0.3 is 9.47 Å². The van der Waals surface area contributed by atoms with Crippen LogP contribution in [0, 0.1) is 0 Å². The molecular formula is C21H25NO3.